The molecule has 0 bridgehead atoms. The Morgan fingerprint density at radius 3 is 3.00 bits per heavy atom. The van der Waals surface area contributed by atoms with Crippen LogP contribution in [-0.2, 0) is 13.0 Å². The third-order valence-electron chi connectivity index (χ3n) is 3.38. The first-order valence-corrected chi connectivity index (χ1v) is 6.30. The van der Waals surface area contributed by atoms with Crippen molar-refractivity contribution in [1.82, 2.24) is 4.98 Å². The highest BCUT2D eigenvalue weighted by molar-refractivity contribution is 5.67. The Morgan fingerprint density at radius 1 is 1.22 bits per heavy atom. The summed E-state index contributed by atoms with van der Waals surface area (Å²) >= 11 is 0. The molecule has 18 heavy (non-hydrogen) atoms. The zero-order valence-electron chi connectivity index (χ0n) is 10.2. The number of fused-ring (bicyclic) bond motifs is 1. The predicted molar refractivity (Wildman–Crippen MR) is 71.9 cm³/mol. The molecule has 2 aromatic rings. The predicted octanol–water partition coefficient (Wildman–Crippen LogP) is 2.66. The molecule has 3 heteroatoms. The van der Waals surface area contributed by atoms with Gasteiger partial charge in [-0.3, -0.25) is 4.98 Å². The molecule has 1 aliphatic heterocycles. The SMILES string of the molecule is OCc1cc(N2CCCc3ccccc32)ccn1. The molecule has 0 spiro atoms. The Hall–Kier alpha value is -1.87. The molecule has 1 aliphatic rings. The van der Waals surface area contributed by atoms with Gasteiger partial charge in [-0.1, -0.05) is 18.2 Å². The second-order valence-electron chi connectivity index (χ2n) is 4.55. The molecule has 3 rings (SSSR count). The number of aryl methyl sites for hydroxylation is 1. The van der Waals surface area contributed by atoms with Crippen molar-refractivity contribution in [3.05, 3.63) is 53.9 Å². The lowest BCUT2D eigenvalue weighted by Crippen LogP contribution is -2.24. The lowest BCUT2D eigenvalue weighted by atomic mass is 10.0. The zero-order chi connectivity index (χ0) is 12.4. The van der Waals surface area contributed by atoms with Crippen LogP contribution in [0.2, 0.25) is 0 Å². The lowest BCUT2D eigenvalue weighted by Gasteiger charge is -2.31. The van der Waals surface area contributed by atoms with E-state index in [0.717, 1.165) is 30.8 Å². The van der Waals surface area contributed by atoms with Crippen LogP contribution in [-0.4, -0.2) is 16.6 Å². The number of anilines is 2. The van der Waals surface area contributed by atoms with E-state index in [9.17, 15) is 5.11 Å². The summed E-state index contributed by atoms with van der Waals surface area (Å²) in [5.74, 6) is 0. The van der Waals surface area contributed by atoms with Gasteiger partial charge in [-0.15, -0.1) is 0 Å². The maximum absolute atomic E-state index is 9.17. The molecule has 0 fully saturated rings. The summed E-state index contributed by atoms with van der Waals surface area (Å²) in [4.78, 5) is 6.44. The zero-order valence-corrected chi connectivity index (χ0v) is 10.2. The van der Waals surface area contributed by atoms with Crippen molar-refractivity contribution in [1.29, 1.82) is 0 Å². The quantitative estimate of drug-likeness (QED) is 0.876. The summed E-state index contributed by atoms with van der Waals surface area (Å²) in [6.07, 6.45) is 4.07. The van der Waals surface area contributed by atoms with Crippen molar-refractivity contribution in [2.45, 2.75) is 19.4 Å². The van der Waals surface area contributed by atoms with Gasteiger partial charge in [0.25, 0.3) is 0 Å². The van der Waals surface area contributed by atoms with Gasteiger partial charge in [-0.25, -0.2) is 0 Å². The fourth-order valence-electron chi connectivity index (χ4n) is 2.52. The number of hydrogen-bond acceptors (Lipinski definition) is 3. The highest BCUT2D eigenvalue weighted by Crippen LogP contribution is 2.33. The Balaban J connectivity index is 2.02. The first-order valence-electron chi connectivity index (χ1n) is 6.30. The van der Waals surface area contributed by atoms with Crippen LogP contribution in [0.3, 0.4) is 0 Å². The van der Waals surface area contributed by atoms with Crippen LogP contribution < -0.4 is 4.90 Å². The molecule has 0 radical (unpaired) electrons. The topological polar surface area (TPSA) is 36.4 Å². The number of nitrogens with zero attached hydrogens (tertiary/aromatic N) is 2. The number of benzene rings is 1. The second-order valence-corrected chi connectivity index (χ2v) is 4.55. The fraction of sp³-hybridized carbons (Fsp3) is 0.267. The van der Waals surface area contributed by atoms with Crippen LogP contribution in [0.1, 0.15) is 17.7 Å². The molecule has 0 unspecified atom stereocenters. The molecular weight excluding hydrogens is 224 g/mol. The van der Waals surface area contributed by atoms with E-state index in [1.54, 1.807) is 6.20 Å². The Kier molecular flexibility index (Phi) is 2.99. The number of para-hydroxylation sites is 1. The summed E-state index contributed by atoms with van der Waals surface area (Å²) in [6.45, 7) is 1.01. The molecule has 1 aromatic heterocycles. The minimum absolute atomic E-state index is 0.0106. The molecule has 0 saturated heterocycles. The molecule has 0 saturated carbocycles. The third-order valence-corrected chi connectivity index (χ3v) is 3.38. The molecular formula is C15H16N2O. The third kappa shape index (κ3) is 1.97. The minimum Gasteiger partial charge on any atom is -0.390 e. The van der Waals surface area contributed by atoms with Gasteiger partial charge in [-0.05, 0) is 36.6 Å². The van der Waals surface area contributed by atoms with Crippen molar-refractivity contribution in [2.75, 3.05) is 11.4 Å². The summed E-state index contributed by atoms with van der Waals surface area (Å²) in [7, 11) is 0. The number of rotatable bonds is 2. The molecule has 0 aliphatic carbocycles. The van der Waals surface area contributed by atoms with E-state index in [1.165, 1.54) is 11.3 Å². The monoisotopic (exact) mass is 240 g/mol. The van der Waals surface area contributed by atoms with Crippen LogP contribution >= 0.6 is 0 Å². The van der Waals surface area contributed by atoms with Gasteiger partial charge in [0.2, 0.25) is 0 Å². The minimum atomic E-state index is -0.0106. The standard InChI is InChI=1S/C15H16N2O/c18-11-13-10-14(7-8-16-13)17-9-3-5-12-4-1-2-6-15(12)17/h1-2,4,6-8,10,18H,3,5,9,11H2. The molecule has 0 amide bonds. The van der Waals surface area contributed by atoms with Gasteiger partial charge in [0.1, 0.15) is 0 Å². The summed E-state index contributed by atoms with van der Waals surface area (Å²) in [6, 6.07) is 12.5. The molecule has 1 N–H and O–H groups in total. The van der Waals surface area contributed by atoms with E-state index in [-0.39, 0.29) is 6.61 Å². The van der Waals surface area contributed by atoms with Gasteiger partial charge < -0.3 is 10.0 Å². The number of aliphatic hydroxyl groups is 1. The van der Waals surface area contributed by atoms with Crippen molar-refractivity contribution in [3.8, 4) is 0 Å². The average Bonchev–Trinajstić information content (AvgIpc) is 2.47. The van der Waals surface area contributed by atoms with Gasteiger partial charge >= 0.3 is 0 Å². The summed E-state index contributed by atoms with van der Waals surface area (Å²) < 4.78 is 0. The van der Waals surface area contributed by atoms with E-state index >= 15 is 0 Å². The maximum atomic E-state index is 9.17. The maximum Gasteiger partial charge on any atom is 0.0853 e. The van der Waals surface area contributed by atoms with Gasteiger partial charge in [-0.2, -0.15) is 0 Å². The molecule has 3 nitrogen and oxygen atoms in total. The van der Waals surface area contributed by atoms with Crippen LogP contribution in [0.15, 0.2) is 42.6 Å². The van der Waals surface area contributed by atoms with E-state index < -0.39 is 0 Å². The van der Waals surface area contributed by atoms with Gasteiger partial charge in [0, 0.05) is 24.1 Å². The molecule has 1 aromatic carbocycles. The average molecular weight is 240 g/mol. The van der Waals surface area contributed by atoms with Crippen molar-refractivity contribution in [3.63, 3.8) is 0 Å². The Bertz CT molecular complexity index is 554. The van der Waals surface area contributed by atoms with Gasteiger partial charge in [0.15, 0.2) is 0 Å². The van der Waals surface area contributed by atoms with Crippen molar-refractivity contribution < 1.29 is 5.11 Å². The summed E-state index contributed by atoms with van der Waals surface area (Å²) in [5, 5.41) is 9.17. The van der Waals surface area contributed by atoms with E-state index in [1.807, 2.05) is 12.1 Å². The highest BCUT2D eigenvalue weighted by atomic mass is 16.3. The lowest BCUT2D eigenvalue weighted by molar-refractivity contribution is 0.277. The largest absolute Gasteiger partial charge is 0.390 e. The van der Waals surface area contributed by atoms with Crippen LogP contribution in [0.4, 0.5) is 11.4 Å². The molecule has 0 atom stereocenters. The highest BCUT2D eigenvalue weighted by Gasteiger charge is 2.17. The first kappa shape index (κ1) is 11.2. The Labute approximate surface area is 107 Å². The van der Waals surface area contributed by atoms with Crippen LogP contribution in [0.25, 0.3) is 0 Å². The fourth-order valence-corrected chi connectivity index (χ4v) is 2.52. The van der Waals surface area contributed by atoms with Crippen molar-refractivity contribution in [2.24, 2.45) is 0 Å². The smallest absolute Gasteiger partial charge is 0.0853 e. The van der Waals surface area contributed by atoms with Crippen LogP contribution in [0.5, 0.6) is 0 Å². The van der Waals surface area contributed by atoms with E-state index in [4.69, 9.17) is 0 Å². The normalized spacial score (nSPS) is 14.4. The first-order chi connectivity index (χ1) is 8.88. The summed E-state index contributed by atoms with van der Waals surface area (Å²) in [5.41, 5.74) is 4.50. The number of aromatic nitrogens is 1. The van der Waals surface area contributed by atoms with Gasteiger partial charge in [0.05, 0.1) is 12.3 Å². The number of pyridine rings is 1. The van der Waals surface area contributed by atoms with Crippen LogP contribution in [0, 0.1) is 0 Å². The number of hydrogen-bond donors (Lipinski definition) is 1. The Morgan fingerprint density at radius 2 is 2.11 bits per heavy atom. The van der Waals surface area contributed by atoms with Crippen molar-refractivity contribution >= 4 is 11.4 Å². The molecule has 92 valence electrons. The second kappa shape index (κ2) is 4.78. The molecule has 2 heterocycles. The van der Waals surface area contributed by atoms with E-state index in [2.05, 4.69) is 34.1 Å². The van der Waals surface area contributed by atoms with E-state index in [0.29, 0.717) is 0 Å². The number of aliphatic hydroxyl groups excluding tert-OH is 1.